The molecule has 5 heteroatoms. The lowest BCUT2D eigenvalue weighted by atomic mass is 10.2. The fraction of sp³-hybridized carbons (Fsp3) is 0.273. The van der Waals surface area contributed by atoms with E-state index in [0.29, 0.717) is 12.7 Å². The second-order valence-corrected chi connectivity index (χ2v) is 4.37. The van der Waals surface area contributed by atoms with Gasteiger partial charge in [-0.2, -0.15) is 0 Å². The van der Waals surface area contributed by atoms with Gasteiger partial charge in [0.25, 0.3) is 0 Å². The molecule has 1 saturated heterocycles. The van der Waals surface area contributed by atoms with Crippen molar-refractivity contribution in [3.05, 3.63) is 29.8 Å². The maximum Gasteiger partial charge on any atom is 0.147 e. The molecule has 0 radical (unpaired) electrons. The molecule has 1 aliphatic heterocycles. The van der Waals surface area contributed by atoms with Crippen LogP contribution in [0.25, 0.3) is 10.6 Å². The van der Waals surface area contributed by atoms with Crippen molar-refractivity contribution < 1.29 is 9.47 Å². The van der Waals surface area contributed by atoms with Crippen molar-refractivity contribution in [2.75, 3.05) is 13.2 Å². The van der Waals surface area contributed by atoms with Crippen LogP contribution in [0.2, 0.25) is 0 Å². The van der Waals surface area contributed by atoms with E-state index in [2.05, 4.69) is 10.2 Å². The molecule has 2 aromatic rings. The van der Waals surface area contributed by atoms with Gasteiger partial charge >= 0.3 is 0 Å². The lowest BCUT2D eigenvalue weighted by Crippen LogP contribution is -2.03. The fourth-order valence-electron chi connectivity index (χ4n) is 1.35. The Hall–Kier alpha value is -1.46. The summed E-state index contributed by atoms with van der Waals surface area (Å²) in [4.78, 5) is 0. The van der Waals surface area contributed by atoms with Gasteiger partial charge in [0.15, 0.2) is 0 Å². The Bertz CT molecular complexity index is 451. The highest BCUT2D eigenvalue weighted by atomic mass is 32.1. The van der Waals surface area contributed by atoms with Crippen molar-refractivity contribution in [3.8, 4) is 16.3 Å². The van der Waals surface area contributed by atoms with Gasteiger partial charge in [-0.05, 0) is 24.3 Å². The second kappa shape index (κ2) is 4.19. The van der Waals surface area contributed by atoms with Crippen LogP contribution < -0.4 is 4.74 Å². The minimum atomic E-state index is 0.294. The van der Waals surface area contributed by atoms with Crippen LogP contribution in [0.1, 0.15) is 0 Å². The van der Waals surface area contributed by atoms with Crippen molar-refractivity contribution in [1.82, 2.24) is 10.2 Å². The summed E-state index contributed by atoms with van der Waals surface area (Å²) in [6, 6.07) is 7.87. The molecule has 1 aromatic carbocycles. The van der Waals surface area contributed by atoms with Gasteiger partial charge in [0.05, 0.1) is 6.61 Å². The normalized spacial score (nSPS) is 18.4. The van der Waals surface area contributed by atoms with Gasteiger partial charge in [-0.3, -0.25) is 0 Å². The first kappa shape index (κ1) is 9.74. The van der Waals surface area contributed by atoms with E-state index in [1.54, 1.807) is 5.51 Å². The van der Waals surface area contributed by atoms with Gasteiger partial charge in [-0.25, -0.2) is 0 Å². The first-order valence-electron chi connectivity index (χ1n) is 5.03. The Balaban J connectivity index is 1.69. The monoisotopic (exact) mass is 234 g/mol. The summed E-state index contributed by atoms with van der Waals surface area (Å²) >= 11 is 1.53. The molecule has 2 heterocycles. The molecule has 0 amide bonds. The topological polar surface area (TPSA) is 47.5 Å². The standard InChI is InChI=1S/C11H10N2O2S/c1-3-9(14-5-10-6-15-10)4-2-8(1)11-13-12-7-16-11/h1-4,7,10H,5-6H2. The zero-order valence-corrected chi connectivity index (χ0v) is 9.31. The van der Waals surface area contributed by atoms with Gasteiger partial charge in [-0.15, -0.1) is 10.2 Å². The third-order valence-electron chi connectivity index (χ3n) is 2.30. The Morgan fingerprint density at radius 1 is 1.38 bits per heavy atom. The molecule has 1 fully saturated rings. The number of nitrogens with zero attached hydrogens (tertiary/aromatic N) is 2. The first-order chi connectivity index (χ1) is 7.92. The quantitative estimate of drug-likeness (QED) is 0.759. The number of hydrogen-bond donors (Lipinski definition) is 0. The largest absolute Gasteiger partial charge is 0.491 e. The Labute approximate surface area is 96.9 Å². The van der Waals surface area contributed by atoms with E-state index >= 15 is 0 Å². The van der Waals surface area contributed by atoms with Gasteiger partial charge in [-0.1, -0.05) is 11.3 Å². The van der Waals surface area contributed by atoms with Crippen LogP contribution in [0.15, 0.2) is 29.8 Å². The average Bonchev–Trinajstić information content (AvgIpc) is 3.00. The molecule has 3 rings (SSSR count). The summed E-state index contributed by atoms with van der Waals surface area (Å²) in [6.07, 6.45) is 0.294. The van der Waals surface area contributed by atoms with Crippen LogP contribution in [-0.4, -0.2) is 29.5 Å². The summed E-state index contributed by atoms with van der Waals surface area (Å²) in [5.74, 6) is 0.865. The maximum atomic E-state index is 5.54. The van der Waals surface area contributed by atoms with Crippen LogP contribution in [0.5, 0.6) is 5.75 Å². The van der Waals surface area contributed by atoms with Gasteiger partial charge < -0.3 is 9.47 Å². The van der Waals surface area contributed by atoms with Crippen molar-refractivity contribution >= 4 is 11.3 Å². The van der Waals surface area contributed by atoms with Crippen molar-refractivity contribution in [2.24, 2.45) is 0 Å². The van der Waals surface area contributed by atoms with Crippen molar-refractivity contribution in [3.63, 3.8) is 0 Å². The smallest absolute Gasteiger partial charge is 0.147 e. The van der Waals surface area contributed by atoms with Gasteiger partial charge in [0, 0.05) is 5.56 Å². The van der Waals surface area contributed by atoms with E-state index in [0.717, 1.165) is 22.9 Å². The van der Waals surface area contributed by atoms with Gasteiger partial charge in [0.1, 0.15) is 29.0 Å². The van der Waals surface area contributed by atoms with Crippen LogP contribution >= 0.6 is 11.3 Å². The Morgan fingerprint density at radius 2 is 2.19 bits per heavy atom. The molecule has 0 bridgehead atoms. The molecule has 0 aliphatic carbocycles. The molecule has 82 valence electrons. The number of benzene rings is 1. The SMILES string of the molecule is c1nnc(-c2ccc(OCC3CO3)cc2)s1. The van der Waals surface area contributed by atoms with Gasteiger partial charge in [0.2, 0.25) is 0 Å². The Kier molecular flexibility index (Phi) is 2.55. The highest BCUT2D eigenvalue weighted by Gasteiger charge is 2.22. The van der Waals surface area contributed by atoms with Crippen LogP contribution in [0.3, 0.4) is 0 Å². The lowest BCUT2D eigenvalue weighted by molar-refractivity contribution is 0.263. The molecule has 1 unspecified atom stereocenters. The minimum absolute atomic E-state index is 0.294. The average molecular weight is 234 g/mol. The molecule has 16 heavy (non-hydrogen) atoms. The first-order valence-corrected chi connectivity index (χ1v) is 5.91. The van der Waals surface area contributed by atoms with E-state index in [-0.39, 0.29) is 0 Å². The summed E-state index contributed by atoms with van der Waals surface area (Å²) in [7, 11) is 0. The van der Waals surface area contributed by atoms with Crippen LogP contribution in [-0.2, 0) is 4.74 Å². The number of hydrogen-bond acceptors (Lipinski definition) is 5. The van der Waals surface area contributed by atoms with E-state index in [1.165, 1.54) is 11.3 Å². The molecule has 0 N–H and O–H groups in total. The number of epoxide rings is 1. The summed E-state index contributed by atoms with van der Waals surface area (Å²) in [5, 5.41) is 8.75. The Morgan fingerprint density at radius 3 is 2.81 bits per heavy atom. The van der Waals surface area contributed by atoms with E-state index in [9.17, 15) is 0 Å². The van der Waals surface area contributed by atoms with E-state index in [1.807, 2.05) is 24.3 Å². The molecule has 4 nitrogen and oxygen atoms in total. The molecule has 1 atom stereocenters. The number of rotatable bonds is 4. The number of ether oxygens (including phenoxy) is 2. The number of aromatic nitrogens is 2. The highest BCUT2D eigenvalue weighted by Crippen LogP contribution is 2.23. The zero-order chi connectivity index (χ0) is 10.8. The summed E-state index contributed by atoms with van der Waals surface area (Å²) < 4.78 is 10.6. The predicted molar refractivity (Wildman–Crippen MR) is 60.6 cm³/mol. The third kappa shape index (κ3) is 2.20. The highest BCUT2D eigenvalue weighted by molar-refractivity contribution is 7.12. The third-order valence-corrected chi connectivity index (χ3v) is 3.04. The van der Waals surface area contributed by atoms with Crippen molar-refractivity contribution in [1.29, 1.82) is 0 Å². The summed E-state index contributed by atoms with van der Waals surface area (Å²) in [5.41, 5.74) is 2.79. The van der Waals surface area contributed by atoms with Crippen LogP contribution in [0, 0.1) is 0 Å². The second-order valence-electron chi connectivity index (χ2n) is 3.53. The van der Waals surface area contributed by atoms with Crippen molar-refractivity contribution in [2.45, 2.75) is 6.10 Å². The molecular formula is C11H10N2O2S. The lowest BCUT2D eigenvalue weighted by Gasteiger charge is -2.04. The maximum absolute atomic E-state index is 5.54. The zero-order valence-electron chi connectivity index (χ0n) is 8.50. The van der Waals surface area contributed by atoms with E-state index < -0.39 is 0 Å². The predicted octanol–water partition coefficient (Wildman–Crippen LogP) is 1.98. The summed E-state index contributed by atoms with van der Waals surface area (Å²) in [6.45, 7) is 1.46. The molecule has 1 aromatic heterocycles. The molecular weight excluding hydrogens is 224 g/mol. The minimum Gasteiger partial charge on any atom is -0.491 e. The van der Waals surface area contributed by atoms with E-state index in [4.69, 9.17) is 9.47 Å². The molecule has 0 saturated carbocycles. The molecule has 1 aliphatic rings. The van der Waals surface area contributed by atoms with Crippen LogP contribution in [0.4, 0.5) is 0 Å². The molecule has 0 spiro atoms. The fourth-order valence-corrected chi connectivity index (χ4v) is 1.91.